The molecule has 2 atom stereocenters. The SMILES string of the molecule is O=C1CCCC2OC[C@H](Cc3c[nH]c4ccccc34)N12. The lowest BCUT2D eigenvalue weighted by atomic mass is 10.0. The van der Waals surface area contributed by atoms with E-state index in [1.54, 1.807) is 0 Å². The zero-order chi connectivity index (χ0) is 13.5. The van der Waals surface area contributed by atoms with E-state index in [-0.39, 0.29) is 18.2 Å². The molecule has 2 aliphatic rings. The predicted molar refractivity (Wildman–Crippen MR) is 76.2 cm³/mol. The van der Waals surface area contributed by atoms with E-state index in [2.05, 4.69) is 29.4 Å². The lowest BCUT2D eigenvalue weighted by Gasteiger charge is -2.31. The van der Waals surface area contributed by atoms with Crippen molar-refractivity contribution in [1.82, 2.24) is 9.88 Å². The number of para-hydroxylation sites is 1. The van der Waals surface area contributed by atoms with E-state index in [1.807, 2.05) is 11.0 Å². The third kappa shape index (κ3) is 1.83. The zero-order valence-electron chi connectivity index (χ0n) is 11.3. The van der Waals surface area contributed by atoms with Crippen molar-refractivity contribution in [3.8, 4) is 0 Å². The van der Waals surface area contributed by atoms with Gasteiger partial charge in [0, 0.05) is 23.5 Å². The Morgan fingerprint density at radius 1 is 1.35 bits per heavy atom. The van der Waals surface area contributed by atoms with Crippen LogP contribution in [-0.2, 0) is 16.0 Å². The molecule has 20 heavy (non-hydrogen) atoms. The van der Waals surface area contributed by atoms with Crippen LogP contribution in [0.15, 0.2) is 30.5 Å². The molecule has 0 aliphatic carbocycles. The number of carbonyl (C=O) groups is 1. The highest BCUT2D eigenvalue weighted by molar-refractivity contribution is 5.83. The maximum atomic E-state index is 12.1. The first-order chi connectivity index (χ1) is 9.83. The van der Waals surface area contributed by atoms with Crippen molar-refractivity contribution < 1.29 is 9.53 Å². The number of aromatic nitrogens is 1. The number of nitrogens with one attached hydrogen (secondary N) is 1. The van der Waals surface area contributed by atoms with E-state index in [0.717, 1.165) is 24.8 Å². The number of hydrogen-bond donors (Lipinski definition) is 1. The molecular weight excluding hydrogens is 252 g/mol. The molecule has 2 aromatic rings. The van der Waals surface area contributed by atoms with Crippen molar-refractivity contribution in [1.29, 1.82) is 0 Å². The third-order valence-electron chi connectivity index (χ3n) is 4.44. The summed E-state index contributed by atoms with van der Waals surface area (Å²) in [6.07, 6.45) is 5.56. The molecule has 1 aromatic carbocycles. The second kappa shape index (κ2) is 4.63. The largest absolute Gasteiger partial charge is 0.361 e. The number of ether oxygens (including phenoxy) is 1. The highest BCUT2D eigenvalue weighted by Crippen LogP contribution is 2.30. The van der Waals surface area contributed by atoms with Gasteiger partial charge in [-0.25, -0.2) is 0 Å². The molecule has 0 bridgehead atoms. The molecule has 4 rings (SSSR count). The van der Waals surface area contributed by atoms with Gasteiger partial charge in [0.15, 0.2) is 0 Å². The summed E-state index contributed by atoms with van der Waals surface area (Å²) in [5, 5.41) is 1.25. The number of piperidine rings is 1. The molecule has 0 spiro atoms. The maximum absolute atomic E-state index is 12.1. The molecule has 2 saturated heterocycles. The van der Waals surface area contributed by atoms with Gasteiger partial charge in [0.25, 0.3) is 0 Å². The smallest absolute Gasteiger partial charge is 0.224 e. The fraction of sp³-hybridized carbons (Fsp3) is 0.438. The van der Waals surface area contributed by atoms with Crippen LogP contribution in [-0.4, -0.2) is 34.7 Å². The van der Waals surface area contributed by atoms with Gasteiger partial charge in [-0.3, -0.25) is 4.79 Å². The van der Waals surface area contributed by atoms with Crippen LogP contribution in [0.5, 0.6) is 0 Å². The molecule has 1 N–H and O–H groups in total. The van der Waals surface area contributed by atoms with Gasteiger partial charge in [-0.2, -0.15) is 0 Å². The topological polar surface area (TPSA) is 45.3 Å². The van der Waals surface area contributed by atoms with Crippen LogP contribution in [0.1, 0.15) is 24.8 Å². The number of carbonyl (C=O) groups excluding carboxylic acids is 1. The summed E-state index contributed by atoms with van der Waals surface area (Å²) >= 11 is 0. The minimum absolute atomic E-state index is 0.0199. The van der Waals surface area contributed by atoms with Crippen LogP contribution in [0, 0.1) is 0 Å². The van der Waals surface area contributed by atoms with Crippen LogP contribution >= 0.6 is 0 Å². The van der Waals surface area contributed by atoms with Gasteiger partial charge in [0.05, 0.1) is 12.6 Å². The van der Waals surface area contributed by atoms with Crippen molar-refractivity contribution in [3.05, 3.63) is 36.0 Å². The molecule has 2 fully saturated rings. The van der Waals surface area contributed by atoms with Crippen molar-refractivity contribution >= 4 is 16.8 Å². The van der Waals surface area contributed by atoms with E-state index in [0.29, 0.717) is 13.0 Å². The van der Waals surface area contributed by atoms with Crippen molar-refractivity contribution in [2.24, 2.45) is 0 Å². The average Bonchev–Trinajstić information content (AvgIpc) is 3.06. The first-order valence-electron chi connectivity index (χ1n) is 7.31. The van der Waals surface area contributed by atoms with E-state index < -0.39 is 0 Å². The molecule has 104 valence electrons. The molecule has 4 heteroatoms. The molecule has 2 aliphatic heterocycles. The predicted octanol–water partition coefficient (Wildman–Crippen LogP) is 2.45. The van der Waals surface area contributed by atoms with Gasteiger partial charge in [-0.1, -0.05) is 18.2 Å². The van der Waals surface area contributed by atoms with Crippen LogP contribution in [0.3, 0.4) is 0 Å². The molecule has 1 unspecified atom stereocenters. The second-order valence-corrected chi connectivity index (χ2v) is 5.70. The Balaban J connectivity index is 1.61. The van der Waals surface area contributed by atoms with E-state index >= 15 is 0 Å². The van der Waals surface area contributed by atoms with Gasteiger partial charge in [-0.15, -0.1) is 0 Å². The van der Waals surface area contributed by atoms with E-state index in [4.69, 9.17) is 4.74 Å². The van der Waals surface area contributed by atoms with E-state index in [1.165, 1.54) is 10.9 Å². The quantitative estimate of drug-likeness (QED) is 0.911. The van der Waals surface area contributed by atoms with Gasteiger partial charge in [0.2, 0.25) is 5.91 Å². The Kier molecular flexibility index (Phi) is 2.77. The summed E-state index contributed by atoms with van der Waals surface area (Å²) in [5.74, 6) is 0.253. The summed E-state index contributed by atoms with van der Waals surface area (Å²) in [4.78, 5) is 17.4. The highest BCUT2D eigenvalue weighted by Gasteiger charge is 2.39. The summed E-state index contributed by atoms with van der Waals surface area (Å²) < 4.78 is 5.80. The zero-order valence-corrected chi connectivity index (χ0v) is 11.3. The number of nitrogens with zero attached hydrogens (tertiary/aromatic N) is 1. The lowest BCUT2D eigenvalue weighted by Crippen LogP contribution is -2.45. The fourth-order valence-electron chi connectivity index (χ4n) is 3.47. The summed E-state index contributed by atoms with van der Waals surface area (Å²) in [6.45, 7) is 0.663. The van der Waals surface area contributed by atoms with Crippen molar-refractivity contribution in [3.63, 3.8) is 0 Å². The monoisotopic (exact) mass is 270 g/mol. The van der Waals surface area contributed by atoms with Gasteiger partial charge in [0.1, 0.15) is 6.23 Å². The maximum Gasteiger partial charge on any atom is 0.224 e. The van der Waals surface area contributed by atoms with Gasteiger partial charge in [-0.05, 0) is 30.9 Å². The Hall–Kier alpha value is -1.81. The van der Waals surface area contributed by atoms with Gasteiger partial charge >= 0.3 is 0 Å². The number of hydrogen-bond acceptors (Lipinski definition) is 2. The first-order valence-corrected chi connectivity index (χ1v) is 7.31. The van der Waals surface area contributed by atoms with Crippen LogP contribution in [0.4, 0.5) is 0 Å². The number of rotatable bonds is 2. The third-order valence-corrected chi connectivity index (χ3v) is 4.44. The Morgan fingerprint density at radius 3 is 3.20 bits per heavy atom. The van der Waals surface area contributed by atoms with Crippen LogP contribution in [0.25, 0.3) is 10.9 Å². The Morgan fingerprint density at radius 2 is 2.25 bits per heavy atom. The summed E-state index contributed by atoms with van der Waals surface area (Å²) in [6, 6.07) is 8.49. The fourth-order valence-corrected chi connectivity index (χ4v) is 3.47. The number of fused-ring (bicyclic) bond motifs is 2. The minimum Gasteiger partial charge on any atom is -0.361 e. The number of aromatic amines is 1. The van der Waals surface area contributed by atoms with Crippen LogP contribution in [0.2, 0.25) is 0 Å². The van der Waals surface area contributed by atoms with Crippen LogP contribution < -0.4 is 0 Å². The number of H-pyrrole nitrogens is 1. The molecule has 0 radical (unpaired) electrons. The second-order valence-electron chi connectivity index (χ2n) is 5.70. The van der Waals surface area contributed by atoms with Crippen molar-refractivity contribution in [2.45, 2.75) is 38.0 Å². The normalized spacial score (nSPS) is 26.2. The average molecular weight is 270 g/mol. The summed E-state index contributed by atoms with van der Waals surface area (Å²) in [5.41, 5.74) is 2.43. The van der Waals surface area contributed by atoms with Crippen molar-refractivity contribution in [2.75, 3.05) is 6.61 Å². The Bertz CT molecular complexity index is 649. The molecule has 1 aromatic heterocycles. The highest BCUT2D eigenvalue weighted by atomic mass is 16.5. The standard InChI is InChI=1S/C16H18N2O2/c19-15-6-3-7-16-18(15)12(10-20-16)8-11-9-17-14-5-2-1-4-13(11)14/h1-2,4-5,9,12,16-17H,3,6-8,10H2/t12-,16?/m0/s1. The van der Waals surface area contributed by atoms with E-state index in [9.17, 15) is 4.79 Å². The number of benzene rings is 1. The molecule has 3 heterocycles. The first kappa shape index (κ1) is 12.0. The van der Waals surface area contributed by atoms with Gasteiger partial charge < -0.3 is 14.6 Å². The molecule has 4 nitrogen and oxygen atoms in total. The summed E-state index contributed by atoms with van der Waals surface area (Å²) in [7, 11) is 0. The molecule has 1 amide bonds. The minimum atomic E-state index is 0.0199. The Labute approximate surface area is 117 Å². The molecular formula is C16H18N2O2. The molecule has 0 saturated carbocycles. The number of amides is 1. The lowest BCUT2D eigenvalue weighted by molar-refractivity contribution is -0.142.